The molecule has 0 saturated carbocycles. The van der Waals surface area contributed by atoms with Crippen LogP contribution < -0.4 is 15.8 Å². The Morgan fingerprint density at radius 2 is 1.46 bits per heavy atom. The van der Waals surface area contributed by atoms with Crippen LogP contribution in [0.4, 0.5) is 11.8 Å². The third kappa shape index (κ3) is 6.04. The van der Waals surface area contributed by atoms with Crippen molar-refractivity contribution in [1.82, 2.24) is 9.97 Å². The summed E-state index contributed by atoms with van der Waals surface area (Å²) in [4.78, 5) is 8.79. The highest BCUT2D eigenvalue weighted by molar-refractivity contribution is 7.89. The maximum absolute atomic E-state index is 11.3. The molecule has 8 heteroatoms. The van der Waals surface area contributed by atoms with Gasteiger partial charge in [0.2, 0.25) is 16.0 Å². The Balaban J connectivity index is 1.46. The minimum Gasteiger partial charge on any atom is -0.370 e. The predicted octanol–water partition coefficient (Wildman–Crippen LogP) is 2.43. The molecular weight excluding hydrogens is 374 g/mol. The third-order valence-electron chi connectivity index (χ3n) is 4.17. The van der Waals surface area contributed by atoms with Gasteiger partial charge in [-0.05, 0) is 42.2 Å². The van der Waals surface area contributed by atoms with Crippen molar-refractivity contribution in [2.75, 3.05) is 23.7 Å². The molecule has 0 fully saturated rings. The monoisotopic (exact) mass is 397 g/mol. The number of benzene rings is 2. The molecule has 0 bridgehead atoms. The summed E-state index contributed by atoms with van der Waals surface area (Å²) in [7, 11) is -3.66. The van der Waals surface area contributed by atoms with Crippen molar-refractivity contribution in [2.24, 2.45) is 5.14 Å². The number of sulfonamides is 1. The van der Waals surface area contributed by atoms with Gasteiger partial charge in [0.05, 0.1) is 4.90 Å². The lowest BCUT2D eigenvalue weighted by Crippen LogP contribution is -2.12. The quantitative estimate of drug-likeness (QED) is 0.511. The number of nitrogens with two attached hydrogens (primary N) is 1. The smallest absolute Gasteiger partial charge is 0.238 e. The zero-order valence-electron chi connectivity index (χ0n) is 15.4. The van der Waals surface area contributed by atoms with Gasteiger partial charge in [0.25, 0.3) is 0 Å². The Hall–Kier alpha value is -2.97. The van der Waals surface area contributed by atoms with Crippen LogP contribution >= 0.6 is 0 Å². The van der Waals surface area contributed by atoms with E-state index >= 15 is 0 Å². The molecule has 4 N–H and O–H groups in total. The van der Waals surface area contributed by atoms with Gasteiger partial charge >= 0.3 is 0 Å². The summed E-state index contributed by atoms with van der Waals surface area (Å²) in [6.45, 7) is 1.42. The van der Waals surface area contributed by atoms with Crippen LogP contribution in [0.5, 0.6) is 0 Å². The molecular formula is C20H23N5O2S. The minimum absolute atomic E-state index is 0.113. The third-order valence-corrected chi connectivity index (χ3v) is 5.10. The SMILES string of the molecule is NS(=O)(=O)c1ccc(CCNc2nccc(NCCc3ccccc3)n2)cc1. The molecule has 1 aromatic heterocycles. The maximum Gasteiger partial charge on any atom is 0.238 e. The first-order valence-corrected chi connectivity index (χ1v) is 10.5. The molecule has 0 amide bonds. The Kier molecular flexibility index (Phi) is 6.57. The number of nitrogens with one attached hydrogen (secondary N) is 2. The highest BCUT2D eigenvalue weighted by Crippen LogP contribution is 2.10. The van der Waals surface area contributed by atoms with Gasteiger partial charge in [0.15, 0.2) is 0 Å². The van der Waals surface area contributed by atoms with Crippen LogP contribution in [0.3, 0.4) is 0 Å². The average molecular weight is 398 g/mol. The fraction of sp³-hybridized carbons (Fsp3) is 0.200. The second kappa shape index (κ2) is 9.29. The average Bonchev–Trinajstić information content (AvgIpc) is 2.69. The summed E-state index contributed by atoms with van der Waals surface area (Å²) in [5, 5.41) is 11.6. The van der Waals surface area contributed by atoms with E-state index in [9.17, 15) is 8.42 Å². The number of anilines is 2. The summed E-state index contributed by atoms with van der Waals surface area (Å²) in [6, 6.07) is 18.6. The van der Waals surface area contributed by atoms with E-state index in [-0.39, 0.29) is 4.90 Å². The van der Waals surface area contributed by atoms with Crippen molar-refractivity contribution >= 4 is 21.8 Å². The summed E-state index contributed by atoms with van der Waals surface area (Å²) < 4.78 is 22.5. The van der Waals surface area contributed by atoms with Gasteiger partial charge in [-0.25, -0.2) is 18.5 Å². The number of nitrogens with zero attached hydrogens (tertiary/aromatic N) is 2. The number of primary sulfonamides is 1. The molecule has 3 rings (SSSR count). The highest BCUT2D eigenvalue weighted by Gasteiger charge is 2.06. The van der Waals surface area contributed by atoms with E-state index in [0.29, 0.717) is 18.9 Å². The van der Waals surface area contributed by atoms with E-state index in [1.54, 1.807) is 18.3 Å². The number of hydrogen-bond donors (Lipinski definition) is 3. The van der Waals surface area contributed by atoms with Crippen molar-refractivity contribution in [2.45, 2.75) is 17.7 Å². The van der Waals surface area contributed by atoms with Crippen molar-refractivity contribution in [3.63, 3.8) is 0 Å². The predicted molar refractivity (Wildman–Crippen MR) is 111 cm³/mol. The van der Waals surface area contributed by atoms with Crippen molar-refractivity contribution in [3.8, 4) is 0 Å². The van der Waals surface area contributed by atoms with Gasteiger partial charge in [-0.3, -0.25) is 0 Å². The van der Waals surface area contributed by atoms with Crippen LogP contribution in [0.15, 0.2) is 71.8 Å². The van der Waals surface area contributed by atoms with Gasteiger partial charge < -0.3 is 10.6 Å². The van der Waals surface area contributed by atoms with E-state index < -0.39 is 10.0 Å². The van der Waals surface area contributed by atoms with Crippen molar-refractivity contribution < 1.29 is 8.42 Å². The number of hydrogen-bond acceptors (Lipinski definition) is 6. The van der Waals surface area contributed by atoms with Crippen LogP contribution in [-0.2, 0) is 22.9 Å². The van der Waals surface area contributed by atoms with Crippen LogP contribution in [0.2, 0.25) is 0 Å². The summed E-state index contributed by atoms with van der Waals surface area (Å²) in [6.07, 6.45) is 3.34. The lowest BCUT2D eigenvalue weighted by molar-refractivity contribution is 0.598. The van der Waals surface area contributed by atoms with Crippen molar-refractivity contribution in [3.05, 3.63) is 78.0 Å². The molecule has 28 heavy (non-hydrogen) atoms. The van der Waals surface area contributed by atoms with E-state index in [2.05, 4.69) is 32.7 Å². The number of rotatable bonds is 9. The van der Waals surface area contributed by atoms with Gasteiger partial charge in [0, 0.05) is 19.3 Å². The minimum atomic E-state index is -3.66. The van der Waals surface area contributed by atoms with Crippen LogP contribution in [-0.4, -0.2) is 31.5 Å². The lowest BCUT2D eigenvalue weighted by Gasteiger charge is -2.09. The molecule has 0 aliphatic rings. The zero-order valence-corrected chi connectivity index (χ0v) is 16.2. The molecule has 0 saturated heterocycles. The van der Waals surface area contributed by atoms with Crippen LogP contribution in [0, 0.1) is 0 Å². The second-order valence-electron chi connectivity index (χ2n) is 6.29. The Bertz CT molecular complexity index is 993. The van der Waals surface area contributed by atoms with E-state index in [0.717, 1.165) is 24.3 Å². The topological polar surface area (TPSA) is 110 Å². The van der Waals surface area contributed by atoms with E-state index in [1.165, 1.54) is 17.7 Å². The fourth-order valence-corrected chi connectivity index (χ4v) is 3.20. The Morgan fingerprint density at radius 1 is 0.821 bits per heavy atom. The van der Waals surface area contributed by atoms with Gasteiger partial charge in [-0.2, -0.15) is 4.98 Å². The largest absolute Gasteiger partial charge is 0.370 e. The van der Waals surface area contributed by atoms with Crippen LogP contribution in [0.1, 0.15) is 11.1 Å². The highest BCUT2D eigenvalue weighted by atomic mass is 32.2. The molecule has 2 aromatic carbocycles. The summed E-state index contributed by atoms with van der Waals surface area (Å²) in [5.74, 6) is 1.32. The fourth-order valence-electron chi connectivity index (χ4n) is 2.69. The first-order chi connectivity index (χ1) is 13.5. The number of aromatic nitrogens is 2. The first-order valence-electron chi connectivity index (χ1n) is 8.97. The van der Waals surface area contributed by atoms with Gasteiger partial charge in [-0.1, -0.05) is 42.5 Å². The van der Waals surface area contributed by atoms with Gasteiger partial charge in [0.1, 0.15) is 5.82 Å². The van der Waals surface area contributed by atoms with Crippen molar-refractivity contribution in [1.29, 1.82) is 0 Å². The van der Waals surface area contributed by atoms with Crippen LogP contribution in [0.25, 0.3) is 0 Å². The molecule has 0 aliphatic heterocycles. The Labute approximate surface area is 165 Å². The molecule has 146 valence electrons. The summed E-state index contributed by atoms with van der Waals surface area (Å²) >= 11 is 0. The molecule has 0 atom stereocenters. The molecule has 0 radical (unpaired) electrons. The standard InChI is InChI=1S/C20H23N5O2S/c21-28(26,27)18-8-6-17(7-9-18)11-14-23-20-24-15-12-19(25-20)22-13-10-16-4-2-1-3-5-16/h1-9,12,15H,10-11,13-14H2,(H2,21,26,27)(H2,22,23,24,25). The first kappa shape index (κ1) is 19.8. The maximum atomic E-state index is 11.3. The normalized spacial score (nSPS) is 11.2. The molecule has 0 unspecified atom stereocenters. The Morgan fingerprint density at radius 3 is 2.14 bits per heavy atom. The summed E-state index contributed by atoms with van der Waals surface area (Å²) in [5.41, 5.74) is 2.27. The van der Waals surface area contributed by atoms with Gasteiger partial charge in [-0.15, -0.1) is 0 Å². The molecule has 3 aromatic rings. The molecule has 1 heterocycles. The zero-order chi connectivity index (χ0) is 19.8. The second-order valence-corrected chi connectivity index (χ2v) is 7.86. The molecule has 0 aliphatic carbocycles. The van der Waals surface area contributed by atoms with E-state index in [1.807, 2.05) is 24.3 Å². The lowest BCUT2D eigenvalue weighted by atomic mass is 10.1. The molecule has 7 nitrogen and oxygen atoms in total. The van der Waals surface area contributed by atoms with E-state index in [4.69, 9.17) is 5.14 Å². The molecule has 0 spiro atoms.